The summed E-state index contributed by atoms with van der Waals surface area (Å²) in [4.78, 5) is 8.63. The number of hydrogen-bond donors (Lipinski definition) is 3. The van der Waals surface area contributed by atoms with Crippen LogP contribution in [-0.2, 0) is 0 Å². The molecule has 0 atom stereocenters. The molecule has 0 aliphatic rings. The molecule has 0 saturated carbocycles. The first kappa shape index (κ1) is 13.9. The molecule has 0 saturated heterocycles. The first-order valence-corrected chi connectivity index (χ1v) is 6.99. The summed E-state index contributed by atoms with van der Waals surface area (Å²) in [5, 5.41) is 6.36. The van der Waals surface area contributed by atoms with Crippen LogP contribution in [0.15, 0.2) is 60.7 Å². The topological polar surface area (TPSA) is 75.9 Å². The Balaban J connectivity index is 1.82. The second-order valence-corrected chi connectivity index (χ2v) is 4.98. The average Bonchev–Trinajstić information content (AvgIpc) is 2.50. The van der Waals surface area contributed by atoms with Crippen LogP contribution in [0.4, 0.5) is 29.0 Å². The van der Waals surface area contributed by atoms with E-state index in [1.807, 2.05) is 61.5 Å². The predicted molar refractivity (Wildman–Crippen MR) is 90.6 cm³/mol. The summed E-state index contributed by atoms with van der Waals surface area (Å²) in [6.45, 7) is 2.05. The van der Waals surface area contributed by atoms with E-state index in [4.69, 9.17) is 5.73 Å². The van der Waals surface area contributed by atoms with Gasteiger partial charge >= 0.3 is 0 Å². The van der Waals surface area contributed by atoms with Crippen molar-refractivity contribution < 1.29 is 0 Å². The van der Waals surface area contributed by atoms with Gasteiger partial charge in [-0.1, -0.05) is 35.9 Å². The molecular formula is C17H17N5. The van der Waals surface area contributed by atoms with Gasteiger partial charge in [0.15, 0.2) is 0 Å². The molecule has 1 heterocycles. The number of anilines is 5. The molecule has 22 heavy (non-hydrogen) atoms. The molecule has 0 aliphatic carbocycles. The van der Waals surface area contributed by atoms with Gasteiger partial charge < -0.3 is 16.4 Å². The lowest BCUT2D eigenvalue weighted by molar-refractivity contribution is 1.17. The average molecular weight is 291 g/mol. The number of nitrogens with two attached hydrogens (primary N) is 1. The molecule has 5 heteroatoms. The Hall–Kier alpha value is -3.08. The van der Waals surface area contributed by atoms with E-state index in [-0.39, 0.29) is 0 Å². The third kappa shape index (κ3) is 3.52. The Morgan fingerprint density at radius 1 is 0.818 bits per heavy atom. The van der Waals surface area contributed by atoms with E-state index in [1.54, 1.807) is 6.07 Å². The summed E-state index contributed by atoms with van der Waals surface area (Å²) >= 11 is 0. The number of aryl methyl sites for hydroxylation is 1. The zero-order valence-electron chi connectivity index (χ0n) is 12.2. The van der Waals surface area contributed by atoms with Crippen LogP contribution in [0.2, 0.25) is 0 Å². The number of benzene rings is 2. The highest BCUT2D eigenvalue weighted by Crippen LogP contribution is 2.20. The van der Waals surface area contributed by atoms with Gasteiger partial charge in [-0.2, -0.15) is 9.97 Å². The molecule has 0 bridgehead atoms. The van der Waals surface area contributed by atoms with Crippen molar-refractivity contribution >= 4 is 29.0 Å². The first-order valence-electron chi connectivity index (χ1n) is 6.99. The van der Waals surface area contributed by atoms with Crippen molar-refractivity contribution in [2.24, 2.45) is 0 Å². The van der Waals surface area contributed by atoms with Gasteiger partial charge in [0, 0.05) is 17.4 Å². The van der Waals surface area contributed by atoms with Gasteiger partial charge in [-0.25, -0.2) is 0 Å². The maximum Gasteiger partial charge on any atom is 0.231 e. The van der Waals surface area contributed by atoms with Gasteiger partial charge in [0.2, 0.25) is 5.95 Å². The number of nitrogens with zero attached hydrogens (tertiary/aromatic N) is 2. The lowest BCUT2D eigenvalue weighted by atomic mass is 10.2. The molecule has 110 valence electrons. The largest absolute Gasteiger partial charge is 0.383 e. The number of nitrogen functional groups attached to an aromatic ring is 1. The summed E-state index contributed by atoms with van der Waals surface area (Å²) < 4.78 is 0. The molecule has 5 nitrogen and oxygen atoms in total. The number of rotatable bonds is 4. The van der Waals surface area contributed by atoms with Gasteiger partial charge in [0.25, 0.3) is 0 Å². The molecule has 4 N–H and O–H groups in total. The highest BCUT2D eigenvalue weighted by molar-refractivity contribution is 5.62. The quantitative estimate of drug-likeness (QED) is 0.680. The van der Waals surface area contributed by atoms with Crippen LogP contribution in [0.25, 0.3) is 0 Å². The third-order valence-electron chi connectivity index (χ3n) is 3.10. The molecule has 0 unspecified atom stereocenters. The Kier molecular flexibility index (Phi) is 3.87. The number of para-hydroxylation sites is 1. The summed E-state index contributed by atoms with van der Waals surface area (Å²) in [6, 6.07) is 19.5. The lowest BCUT2D eigenvalue weighted by Crippen LogP contribution is -2.03. The van der Waals surface area contributed by atoms with E-state index >= 15 is 0 Å². The van der Waals surface area contributed by atoms with Gasteiger partial charge in [0.1, 0.15) is 11.6 Å². The number of nitrogens with one attached hydrogen (secondary N) is 2. The first-order chi connectivity index (χ1) is 10.7. The fraction of sp³-hybridized carbons (Fsp3) is 0.0588. The zero-order chi connectivity index (χ0) is 15.4. The fourth-order valence-electron chi connectivity index (χ4n) is 2.02. The second-order valence-electron chi connectivity index (χ2n) is 4.98. The highest BCUT2D eigenvalue weighted by Gasteiger charge is 2.04. The van der Waals surface area contributed by atoms with E-state index in [9.17, 15) is 0 Å². The molecule has 0 amide bonds. The van der Waals surface area contributed by atoms with Gasteiger partial charge in [-0.15, -0.1) is 0 Å². The van der Waals surface area contributed by atoms with E-state index in [0.717, 1.165) is 11.4 Å². The summed E-state index contributed by atoms with van der Waals surface area (Å²) in [6.07, 6.45) is 0. The molecule has 0 radical (unpaired) electrons. The van der Waals surface area contributed by atoms with Crippen molar-refractivity contribution in [2.75, 3.05) is 16.4 Å². The molecule has 3 rings (SSSR count). The standard InChI is InChI=1S/C17H17N5/c1-12-7-9-14(10-8-12)19-16-11-15(18)21-17(22-16)20-13-5-3-2-4-6-13/h2-11H,1H3,(H4,18,19,20,21,22). The summed E-state index contributed by atoms with van der Waals surface area (Å²) in [7, 11) is 0. The van der Waals surface area contributed by atoms with Crippen molar-refractivity contribution in [3.8, 4) is 0 Å². The molecule has 3 aromatic rings. The molecular weight excluding hydrogens is 274 g/mol. The normalized spacial score (nSPS) is 10.2. The van der Waals surface area contributed by atoms with Crippen molar-refractivity contribution in [3.63, 3.8) is 0 Å². The third-order valence-corrected chi connectivity index (χ3v) is 3.10. The van der Waals surface area contributed by atoms with E-state index in [0.29, 0.717) is 17.6 Å². The summed E-state index contributed by atoms with van der Waals surface area (Å²) in [5.74, 6) is 1.51. The van der Waals surface area contributed by atoms with Gasteiger partial charge in [-0.05, 0) is 31.2 Å². The smallest absolute Gasteiger partial charge is 0.231 e. The summed E-state index contributed by atoms with van der Waals surface area (Å²) in [5.41, 5.74) is 8.93. The second kappa shape index (κ2) is 6.13. The molecule has 1 aromatic heterocycles. The number of aromatic nitrogens is 2. The Morgan fingerprint density at radius 2 is 1.50 bits per heavy atom. The van der Waals surface area contributed by atoms with E-state index < -0.39 is 0 Å². The maximum atomic E-state index is 5.86. The zero-order valence-corrected chi connectivity index (χ0v) is 12.2. The predicted octanol–water partition coefficient (Wildman–Crippen LogP) is 3.85. The minimum atomic E-state index is 0.406. The van der Waals surface area contributed by atoms with Crippen LogP contribution < -0.4 is 16.4 Å². The number of hydrogen-bond acceptors (Lipinski definition) is 5. The highest BCUT2D eigenvalue weighted by atomic mass is 15.2. The molecule has 0 spiro atoms. The SMILES string of the molecule is Cc1ccc(Nc2cc(N)nc(Nc3ccccc3)n2)cc1. The monoisotopic (exact) mass is 291 g/mol. The van der Waals surface area contributed by atoms with Crippen LogP contribution in [0, 0.1) is 6.92 Å². The Morgan fingerprint density at radius 3 is 2.23 bits per heavy atom. The van der Waals surface area contributed by atoms with E-state index in [1.165, 1.54) is 5.56 Å². The molecule has 2 aromatic carbocycles. The van der Waals surface area contributed by atoms with Crippen molar-refractivity contribution in [2.45, 2.75) is 6.92 Å². The van der Waals surface area contributed by atoms with Crippen molar-refractivity contribution in [1.29, 1.82) is 0 Å². The fourth-order valence-corrected chi connectivity index (χ4v) is 2.02. The van der Waals surface area contributed by atoms with Gasteiger partial charge in [0.05, 0.1) is 0 Å². The van der Waals surface area contributed by atoms with Crippen LogP contribution in [0.5, 0.6) is 0 Å². The van der Waals surface area contributed by atoms with E-state index in [2.05, 4.69) is 20.6 Å². The van der Waals surface area contributed by atoms with Crippen LogP contribution >= 0.6 is 0 Å². The van der Waals surface area contributed by atoms with Gasteiger partial charge in [-0.3, -0.25) is 0 Å². The van der Waals surface area contributed by atoms with Crippen LogP contribution in [0.3, 0.4) is 0 Å². The van der Waals surface area contributed by atoms with Crippen molar-refractivity contribution in [1.82, 2.24) is 9.97 Å². The molecule has 0 fully saturated rings. The Bertz CT molecular complexity index is 754. The molecule has 0 aliphatic heterocycles. The lowest BCUT2D eigenvalue weighted by Gasteiger charge is -2.10. The van der Waals surface area contributed by atoms with Crippen LogP contribution in [0.1, 0.15) is 5.56 Å². The minimum Gasteiger partial charge on any atom is -0.383 e. The van der Waals surface area contributed by atoms with Crippen molar-refractivity contribution in [3.05, 3.63) is 66.2 Å². The minimum absolute atomic E-state index is 0.406. The maximum absolute atomic E-state index is 5.86. The Labute approximate surface area is 129 Å². The van der Waals surface area contributed by atoms with Crippen LogP contribution in [-0.4, -0.2) is 9.97 Å².